The topological polar surface area (TPSA) is 89.1 Å². The van der Waals surface area contributed by atoms with Gasteiger partial charge in [0.2, 0.25) is 0 Å². The van der Waals surface area contributed by atoms with Gasteiger partial charge < -0.3 is 30.7 Å². The number of halogens is 1. The summed E-state index contributed by atoms with van der Waals surface area (Å²) in [6, 6.07) is 14.9. The fourth-order valence-electron chi connectivity index (χ4n) is 6.74. The Morgan fingerprint density at radius 2 is 1.95 bits per heavy atom. The SMILES string of the molecule is CNC1=C(C(=O)NCCN2CCN(C)CC2)C2C3C(Cc4ccc(Cl)cc4)C23C(Oc2cccc(O)c2)N1. The first kappa shape index (κ1) is 25.3. The monoisotopic (exact) mass is 537 g/mol. The number of phenolic OH excluding ortho intramolecular Hbond substituents is 1. The molecule has 2 aliphatic carbocycles. The Bertz CT molecular complexity index is 1230. The summed E-state index contributed by atoms with van der Waals surface area (Å²) in [5.41, 5.74) is 1.88. The number of carbonyl (C=O) groups is 1. The maximum atomic E-state index is 13.5. The number of aromatic hydroxyl groups is 1. The van der Waals surface area contributed by atoms with Crippen LogP contribution in [0.25, 0.3) is 0 Å². The van der Waals surface area contributed by atoms with Crippen molar-refractivity contribution in [2.75, 3.05) is 53.4 Å². The van der Waals surface area contributed by atoms with E-state index in [1.807, 2.05) is 25.2 Å². The van der Waals surface area contributed by atoms with Gasteiger partial charge in [-0.15, -0.1) is 0 Å². The third-order valence-corrected chi connectivity index (χ3v) is 9.14. The summed E-state index contributed by atoms with van der Waals surface area (Å²) in [7, 11) is 3.98. The molecule has 2 saturated carbocycles. The van der Waals surface area contributed by atoms with Crippen LogP contribution in [0.4, 0.5) is 0 Å². The van der Waals surface area contributed by atoms with E-state index in [4.69, 9.17) is 16.3 Å². The molecule has 8 nitrogen and oxygen atoms in total. The van der Waals surface area contributed by atoms with Crippen molar-refractivity contribution >= 4 is 17.5 Å². The van der Waals surface area contributed by atoms with Gasteiger partial charge in [0.15, 0.2) is 6.23 Å². The molecule has 1 saturated heterocycles. The minimum absolute atomic E-state index is 0.00593. The van der Waals surface area contributed by atoms with Crippen molar-refractivity contribution in [1.29, 1.82) is 0 Å². The normalized spacial score (nSPS) is 30.1. The average molecular weight is 538 g/mol. The molecule has 4 N–H and O–H groups in total. The van der Waals surface area contributed by atoms with Crippen LogP contribution in [-0.4, -0.2) is 80.4 Å². The van der Waals surface area contributed by atoms with Gasteiger partial charge in [-0.25, -0.2) is 0 Å². The van der Waals surface area contributed by atoms with E-state index in [-0.39, 0.29) is 29.2 Å². The van der Waals surface area contributed by atoms with Gasteiger partial charge in [-0.2, -0.15) is 0 Å². The number of nitrogens with one attached hydrogen (secondary N) is 3. The Kier molecular flexibility index (Phi) is 6.66. The standard InChI is InChI=1S/C29H36ClN5O3/c1-31-26-23(27(37)32-10-11-35-14-12-34(2)13-15-35)25-24-22(16-18-6-8-19(30)9-7-18)29(24,25)28(33-26)38-21-5-3-4-20(36)17-21/h3-9,17,22,24-25,28,31,33,36H,10-16H2,1-2H3,(H,32,37). The van der Waals surface area contributed by atoms with Crippen molar-refractivity contribution in [2.24, 2.45) is 23.2 Å². The molecule has 5 atom stereocenters. The molecule has 1 amide bonds. The highest BCUT2D eigenvalue weighted by Gasteiger charge is 2.92. The van der Waals surface area contributed by atoms with Crippen LogP contribution in [0.2, 0.25) is 5.02 Å². The molecule has 6 rings (SSSR count). The van der Waals surface area contributed by atoms with Crippen molar-refractivity contribution in [3.05, 3.63) is 70.5 Å². The molecule has 0 aromatic heterocycles. The number of piperazine rings is 1. The molecule has 0 radical (unpaired) electrons. The minimum Gasteiger partial charge on any atom is -0.508 e. The first-order valence-corrected chi connectivity index (χ1v) is 13.9. The van der Waals surface area contributed by atoms with E-state index in [2.05, 4.69) is 44.9 Å². The molecule has 2 aliphatic heterocycles. The van der Waals surface area contributed by atoms with Crippen molar-refractivity contribution in [3.8, 4) is 11.5 Å². The molecule has 2 heterocycles. The lowest BCUT2D eigenvalue weighted by atomic mass is 9.83. The average Bonchev–Trinajstić information content (AvgIpc) is 3.78. The van der Waals surface area contributed by atoms with Crippen molar-refractivity contribution in [2.45, 2.75) is 12.6 Å². The number of carbonyl (C=O) groups excluding carboxylic acids is 1. The maximum Gasteiger partial charge on any atom is 0.251 e. The summed E-state index contributed by atoms with van der Waals surface area (Å²) < 4.78 is 6.44. The zero-order valence-electron chi connectivity index (χ0n) is 21.9. The predicted octanol–water partition coefficient (Wildman–Crippen LogP) is 2.25. The highest BCUT2D eigenvalue weighted by molar-refractivity contribution is 6.30. The number of hydrogen-bond acceptors (Lipinski definition) is 7. The number of fused-ring (bicyclic) bond motifs is 1. The third kappa shape index (κ3) is 4.48. The van der Waals surface area contributed by atoms with Gasteiger partial charge in [0.05, 0.1) is 5.57 Å². The van der Waals surface area contributed by atoms with E-state index in [9.17, 15) is 9.90 Å². The van der Waals surface area contributed by atoms with Gasteiger partial charge in [-0.05, 0) is 55.1 Å². The summed E-state index contributed by atoms with van der Waals surface area (Å²) in [6.45, 7) is 5.69. The van der Waals surface area contributed by atoms with E-state index in [0.29, 0.717) is 24.1 Å². The number of phenols is 1. The lowest BCUT2D eigenvalue weighted by Crippen LogP contribution is -2.51. The van der Waals surface area contributed by atoms with Crippen LogP contribution in [0.3, 0.4) is 0 Å². The fourth-order valence-corrected chi connectivity index (χ4v) is 6.87. The number of benzene rings is 2. The number of likely N-dealkylation sites (N-methyl/N-ethyl adjacent to an activating group) is 1. The van der Waals surface area contributed by atoms with Crippen LogP contribution in [0, 0.1) is 23.2 Å². The van der Waals surface area contributed by atoms with Gasteiger partial charge in [-0.3, -0.25) is 9.69 Å². The highest BCUT2D eigenvalue weighted by atomic mass is 35.5. The zero-order chi connectivity index (χ0) is 26.4. The summed E-state index contributed by atoms with van der Waals surface area (Å²) in [5.74, 6) is 2.38. The third-order valence-electron chi connectivity index (χ3n) is 8.89. The van der Waals surface area contributed by atoms with Gasteiger partial charge >= 0.3 is 0 Å². The molecule has 9 heteroatoms. The second kappa shape index (κ2) is 9.98. The summed E-state index contributed by atoms with van der Waals surface area (Å²) >= 11 is 6.11. The largest absolute Gasteiger partial charge is 0.508 e. The predicted molar refractivity (Wildman–Crippen MR) is 147 cm³/mol. The number of nitrogens with zero attached hydrogens (tertiary/aromatic N) is 2. The van der Waals surface area contributed by atoms with Crippen molar-refractivity contribution in [3.63, 3.8) is 0 Å². The number of amides is 1. The van der Waals surface area contributed by atoms with Crippen LogP contribution in [0.5, 0.6) is 11.5 Å². The molecular formula is C29H36ClN5O3. The Morgan fingerprint density at radius 3 is 2.66 bits per heavy atom. The highest BCUT2D eigenvalue weighted by Crippen LogP contribution is 2.88. The van der Waals surface area contributed by atoms with E-state index >= 15 is 0 Å². The molecule has 2 aromatic rings. The minimum atomic E-state index is -0.305. The summed E-state index contributed by atoms with van der Waals surface area (Å²) in [6.07, 6.45) is 0.605. The van der Waals surface area contributed by atoms with Crippen LogP contribution < -0.4 is 20.7 Å². The van der Waals surface area contributed by atoms with E-state index in [0.717, 1.165) is 55.6 Å². The summed E-state index contributed by atoms with van der Waals surface area (Å²) in [5, 5.41) is 20.6. The molecule has 38 heavy (non-hydrogen) atoms. The van der Waals surface area contributed by atoms with Crippen molar-refractivity contribution < 1.29 is 14.6 Å². The quantitative estimate of drug-likeness (QED) is 0.390. The molecule has 3 fully saturated rings. The van der Waals surface area contributed by atoms with E-state index in [1.54, 1.807) is 18.2 Å². The lowest BCUT2D eigenvalue weighted by Gasteiger charge is -2.36. The van der Waals surface area contributed by atoms with Crippen molar-refractivity contribution in [1.82, 2.24) is 25.8 Å². The van der Waals surface area contributed by atoms with E-state index < -0.39 is 0 Å². The lowest BCUT2D eigenvalue weighted by molar-refractivity contribution is -0.118. The molecule has 202 valence electrons. The molecule has 1 spiro atoms. The van der Waals surface area contributed by atoms with Gasteiger partial charge in [0.25, 0.3) is 5.91 Å². The smallest absolute Gasteiger partial charge is 0.251 e. The number of rotatable bonds is 9. The molecule has 5 unspecified atom stereocenters. The van der Waals surface area contributed by atoms with Crippen LogP contribution in [-0.2, 0) is 11.2 Å². The van der Waals surface area contributed by atoms with Gasteiger partial charge in [-0.1, -0.05) is 29.8 Å². The van der Waals surface area contributed by atoms with Gasteiger partial charge in [0.1, 0.15) is 17.3 Å². The van der Waals surface area contributed by atoms with E-state index in [1.165, 1.54) is 5.56 Å². The molecule has 4 aliphatic rings. The Morgan fingerprint density at radius 1 is 1.18 bits per heavy atom. The zero-order valence-corrected chi connectivity index (χ0v) is 22.7. The second-order valence-corrected chi connectivity index (χ2v) is 11.5. The second-order valence-electron chi connectivity index (χ2n) is 11.0. The molecular weight excluding hydrogens is 502 g/mol. The van der Waals surface area contributed by atoms with Crippen LogP contribution in [0.15, 0.2) is 59.9 Å². The molecule has 2 aromatic carbocycles. The van der Waals surface area contributed by atoms with Gasteiger partial charge in [0, 0.05) is 68.7 Å². The van der Waals surface area contributed by atoms with Crippen LogP contribution >= 0.6 is 11.6 Å². The Labute approximate surface area is 229 Å². The Balaban J connectivity index is 1.19. The van der Waals surface area contributed by atoms with Crippen LogP contribution in [0.1, 0.15) is 5.56 Å². The fraction of sp³-hybridized carbons (Fsp3) is 0.483. The first-order chi connectivity index (χ1) is 18.4. The number of hydrogen-bond donors (Lipinski definition) is 4. The number of ether oxygens (including phenoxy) is 1. The maximum absolute atomic E-state index is 13.5. The molecule has 0 bridgehead atoms. The summed E-state index contributed by atoms with van der Waals surface area (Å²) in [4.78, 5) is 18.3. The Hall–Kier alpha value is -2.94. The first-order valence-electron chi connectivity index (χ1n) is 13.5.